The second-order valence-corrected chi connectivity index (χ2v) is 6.06. The summed E-state index contributed by atoms with van der Waals surface area (Å²) >= 11 is 0. The third kappa shape index (κ3) is 3.56. The molecule has 0 amide bonds. The van der Waals surface area contributed by atoms with Crippen molar-refractivity contribution in [1.29, 1.82) is 0 Å². The number of hydrogen-bond acceptors (Lipinski definition) is 6. The molecule has 8 nitrogen and oxygen atoms in total. The van der Waals surface area contributed by atoms with E-state index in [0.29, 0.717) is 5.69 Å². The first-order valence-corrected chi connectivity index (χ1v) is 8.23. The zero-order valence-corrected chi connectivity index (χ0v) is 13.9. The van der Waals surface area contributed by atoms with Gasteiger partial charge in [0, 0.05) is 0 Å². The fourth-order valence-corrected chi connectivity index (χ4v) is 2.75. The average molecular weight is 349 g/mol. The van der Waals surface area contributed by atoms with Gasteiger partial charge in [0.2, 0.25) is 0 Å². The summed E-state index contributed by atoms with van der Waals surface area (Å²) in [6, 6.07) is 9.78. The fraction of sp³-hybridized carbons (Fsp3) is 0.235. The van der Waals surface area contributed by atoms with E-state index >= 15 is 0 Å². The standard InChI is InChI=1S/C17H16BN5O3/c24-16(25)6-12-9-23(21-20-12)13-7-18-17(19-8-13)22-10-15(11-22)26-14-4-2-1-3-5-14/h1-5,7-9,15H,6,10-11H2,(H,24,25). The van der Waals surface area contributed by atoms with E-state index in [0.717, 1.165) is 30.2 Å². The van der Waals surface area contributed by atoms with Crippen LogP contribution in [0.3, 0.4) is 0 Å². The summed E-state index contributed by atoms with van der Waals surface area (Å²) in [5.74, 6) is 1.83. The number of aliphatic carboxylic acids is 1. The van der Waals surface area contributed by atoms with Crippen LogP contribution in [-0.2, 0) is 11.2 Å². The molecule has 0 saturated carbocycles. The molecule has 0 radical (unpaired) electrons. The molecule has 1 aromatic carbocycles. The van der Waals surface area contributed by atoms with Gasteiger partial charge in [-0.1, -0.05) is 0 Å². The van der Waals surface area contributed by atoms with Crippen molar-refractivity contribution in [1.82, 2.24) is 20.0 Å². The quantitative estimate of drug-likeness (QED) is 0.707. The predicted molar refractivity (Wildman–Crippen MR) is 94.9 cm³/mol. The number of ether oxygens (including phenoxy) is 1. The van der Waals surface area contributed by atoms with Crippen molar-refractivity contribution in [2.24, 2.45) is 0 Å². The van der Waals surface area contributed by atoms with E-state index in [1.165, 1.54) is 4.68 Å². The molecule has 2 aromatic heterocycles. The third-order valence-corrected chi connectivity index (χ3v) is 4.09. The number of hydrogen-bond donors (Lipinski definition) is 1. The van der Waals surface area contributed by atoms with Crippen LogP contribution in [0.2, 0.25) is 0 Å². The Hall–Kier alpha value is -3.23. The monoisotopic (exact) mass is 349 g/mol. The Balaban J connectivity index is 1.35. The van der Waals surface area contributed by atoms with Crippen molar-refractivity contribution < 1.29 is 14.6 Å². The Labute approximate surface area is 150 Å². The molecule has 0 aliphatic carbocycles. The minimum absolute atomic E-state index is 0.151. The SMILES string of the molecule is O=C(O)Cc1cn(-c2cbc(N3CC(Oc4ccccc4)C3)nc2)nn1. The van der Waals surface area contributed by atoms with Gasteiger partial charge < -0.3 is 0 Å². The summed E-state index contributed by atoms with van der Waals surface area (Å²) in [4.78, 5) is 17.3. The topological polar surface area (TPSA) is 93.4 Å². The number of carboxylic acid groups (broad SMARTS) is 1. The number of nitrogens with zero attached hydrogens (tertiary/aromatic N) is 5. The van der Waals surface area contributed by atoms with Crippen LogP contribution in [0.25, 0.3) is 5.69 Å². The van der Waals surface area contributed by atoms with Crippen LogP contribution in [0, 0.1) is 0 Å². The van der Waals surface area contributed by atoms with Crippen LogP contribution in [0.15, 0.2) is 48.7 Å². The zero-order chi connectivity index (χ0) is 17.9. The summed E-state index contributed by atoms with van der Waals surface area (Å²) in [6.45, 7) is 3.48. The van der Waals surface area contributed by atoms with Gasteiger partial charge in [0.15, 0.2) is 0 Å². The Kier molecular flexibility index (Phi) is 4.34. The van der Waals surface area contributed by atoms with E-state index in [1.807, 2.05) is 43.2 Å². The third-order valence-electron chi connectivity index (χ3n) is 4.09. The van der Waals surface area contributed by atoms with E-state index in [1.54, 1.807) is 12.4 Å². The normalized spacial score (nSPS) is 13.9. The summed E-state index contributed by atoms with van der Waals surface area (Å²) in [5, 5.41) is 16.6. The molecule has 0 spiro atoms. The number of aromatic nitrogens is 4. The van der Waals surface area contributed by atoms with E-state index in [-0.39, 0.29) is 12.5 Å². The summed E-state index contributed by atoms with van der Waals surface area (Å²) in [5.41, 5.74) is 2.01. The molecular weight excluding hydrogens is 333 g/mol. The van der Waals surface area contributed by atoms with Gasteiger partial charge in [-0.15, -0.1) is 0 Å². The van der Waals surface area contributed by atoms with Crippen LogP contribution in [0.4, 0.5) is 5.71 Å². The Morgan fingerprint density at radius 1 is 1.31 bits per heavy atom. The zero-order valence-electron chi connectivity index (χ0n) is 13.9. The number of carboxylic acids is 1. The molecule has 1 N–H and O–H groups in total. The summed E-state index contributed by atoms with van der Waals surface area (Å²) < 4.78 is 7.41. The van der Waals surface area contributed by atoms with Gasteiger partial charge in [0.25, 0.3) is 0 Å². The van der Waals surface area contributed by atoms with E-state index in [9.17, 15) is 4.79 Å². The second kappa shape index (κ2) is 6.95. The van der Waals surface area contributed by atoms with Gasteiger partial charge in [0.1, 0.15) is 0 Å². The van der Waals surface area contributed by atoms with Crippen molar-refractivity contribution in [2.45, 2.75) is 12.5 Å². The van der Waals surface area contributed by atoms with Crippen molar-refractivity contribution in [2.75, 3.05) is 18.0 Å². The molecule has 1 fully saturated rings. The van der Waals surface area contributed by atoms with Crippen molar-refractivity contribution >= 4 is 18.6 Å². The molecule has 1 aliphatic heterocycles. The minimum atomic E-state index is -0.935. The van der Waals surface area contributed by atoms with Gasteiger partial charge >= 0.3 is 150 Å². The molecule has 130 valence electrons. The van der Waals surface area contributed by atoms with Crippen LogP contribution in [0.5, 0.6) is 5.75 Å². The van der Waals surface area contributed by atoms with Gasteiger partial charge in [0.05, 0.1) is 0 Å². The van der Waals surface area contributed by atoms with Crippen LogP contribution in [0.1, 0.15) is 5.69 Å². The molecule has 1 saturated heterocycles. The van der Waals surface area contributed by atoms with Crippen LogP contribution < -0.4 is 9.64 Å². The van der Waals surface area contributed by atoms with Crippen LogP contribution >= 0.6 is 0 Å². The molecule has 3 heterocycles. The van der Waals surface area contributed by atoms with Crippen LogP contribution in [-0.4, -0.2) is 57.2 Å². The Bertz CT molecular complexity index is 894. The maximum atomic E-state index is 10.7. The number of anilines is 1. The number of rotatable bonds is 6. The maximum absolute atomic E-state index is 10.7. The first-order valence-electron chi connectivity index (χ1n) is 8.23. The van der Waals surface area contributed by atoms with E-state index in [2.05, 4.69) is 20.2 Å². The van der Waals surface area contributed by atoms with E-state index < -0.39 is 5.97 Å². The molecule has 1 aliphatic rings. The fourth-order valence-electron chi connectivity index (χ4n) is 2.75. The van der Waals surface area contributed by atoms with Gasteiger partial charge in [-0.3, -0.25) is 0 Å². The second-order valence-electron chi connectivity index (χ2n) is 6.06. The summed E-state index contributed by atoms with van der Waals surface area (Å²) in [7, 11) is 0. The number of carbonyl (C=O) groups is 1. The van der Waals surface area contributed by atoms with Crippen molar-refractivity contribution in [3.8, 4) is 11.4 Å². The molecule has 9 heteroatoms. The molecule has 3 aromatic rings. The molecule has 0 atom stereocenters. The first-order chi connectivity index (χ1) is 12.7. The van der Waals surface area contributed by atoms with Gasteiger partial charge in [-0.05, 0) is 0 Å². The first kappa shape index (κ1) is 16.3. The Morgan fingerprint density at radius 2 is 2.12 bits per heavy atom. The Morgan fingerprint density at radius 3 is 2.81 bits per heavy atom. The number of para-hydroxylation sites is 1. The number of benzene rings is 1. The van der Waals surface area contributed by atoms with E-state index in [4.69, 9.17) is 9.84 Å². The molecular formula is C17H16BN5O3. The van der Waals surface area contributed by atoms with Crippen molar-refractivity contribution in [3.63, 3.8) is 0 Å². The van der Waals surface area contributed by atoms with Crippen molar-refractivity contribution in [3.05, 3.63) is 54.4 Å². The molecule has 0 unspecified atom stereocenters. The average Bonchev–Trinajstić information content (AvgIpc) is 3.07. The van der Waals surface area contributed by atoms with Gasteiger partial charge in [-0.2, -0.15) is 0 Å². The summed E-state index contributed by atoms with van der Waals surface area (Å²) in [6.07, 6.45) is 3.30. The predicted octanol–water partition coefficient (Wildman–Crippen LogP) is 0.895. The van der Waals surface area contributed by atoms with Gasteiger partial charge in [-0.25, -0.2) is 0 Å². The molecule has 4 rings (SSSR count). The molecule has 0 bridgehead atoms. The molecule has 26 heavy (non-hydrogen) atoms.